The first-order valence-electron chi connectivity index (χ1n) is 7.42. The van der Waals surface area contributed by atoms with Crippen molar-refractivity contribution in [2.24, 2.45) is 5.92 Å². The van der Waals surface area contributed by atoms with Gasteiger partial charge in [0.25, 0.3) is 0 Å². The number of benzene rings is 1. The van der Waals surface area contributed by atoms with Crippen LogP contribution in [0.15, 0.2) is 24.3 Å². The zero-order chi connectivity index (χ0) is 15.4. The maximum atomic E-state index is 13.5. The highest BCUT2D eigenvalue weighted by Crippen LogP contribution is 2.26. The predicted octanol–water partition coefficient (Wildman–Crippen LogP) is 2.25. The second-order valence-electron chi connectivity index (χ2n) is 5.84. The van der Waals surface area contributed by atoms with Gasteiger partial charge in [-0.25, -0.2) is 4.39 Å². The molecule has 1 fully saturated rings. The van der Waals surface area contributed by atoms with E-state index in [2.05, 4.69) is 5.32 Å². The van der Waals surface area contributed by atoms with Crippen molar-refractivity contribution in [3.63, 3.8) is 0 Å². The smallest absolute Gasteiger partial charge is 0.241 e. The maximum Gasteiger partial charge on any atom is 0.241 e. The van der Waals surface area contributed by atoms with Gasteiger partial charge in [-0.05, 0) is 44.9 Å². The van der Waals surface area contributed by atoms with Crippen LogP contribution in [0.3, 0.4) is 0 Å². The van der Waals surface area contributed by atoms with Crippen molar-refractivity contribution in [2.75, 3.05) is 18.9 Å². The highest BCUT2D eigenvalue weighted by Gasteiger charge is 2.29. The van der Waals surface area contributed by atoms with Gasteiger partial charge in [0.05, 0.1) is 17.8 Å². The monoisotopic (exact) mass is 294 g/mol. The molecule has 3 unspecified atom stereocenters. The van der Waals surface area contributed by atoms with E-state index < -0.39 is 5.82 Å². The second kappa shape index (κ2) is 7.00. The number of para-hydroxylation sites is 1. The number of aliphatic hydroxyl groups excluding tert-OH is 1. The van der Waals surface area contributed by atoms with Crippen LogP contribution >= 0.6 is 0 Å². The molecule has 2 N–H and O–H groups in total. The van der Waals surface area contributed by atoms with Gasteiger partial charge in [0.15, 0.2) is 0 Å². The van der Waals surface area contributed by atoms with Crippen molar-refractivity contribution >= 4 is 11.6 Å². The van der Waals surface area contributed by atoms with Crippen LogP contribution in [-0.2, 0) is 4.79 Å². The SMILES string of the molecule is CC(C(=O)Nc1ccccc1F)N(C)CC1CCCC1O. The van der Waals surface area contributed by atoms with Crippen LogP contribution in [-0.4, -0.2) is 41.7 Å². The molecule has 1 aromatic carbocycles. The van der Waals surface area contributed by atoms with Crippen LogP contribution in [0.2, 0.25) is 0 Å². The molecule has 2 rings (SSSR count). The molecule has 5 heteroatoms. The molecule has 4 nitrogen and oxygen atoms in total. The molecule has 0 heterocycles. The Balaban J connectivity index is 1.91. The topological polar surface area (TPSA) is 52.6 Å². The third-order valence-corrected chi connectivity index (χ3v) is 4.31. The fraction of sp³-hybridized carbons (Fsp3) is 0.562. The summed E-state index contributed by atoms with van der Waals surface area (Å²) in [6, 6.07) is 5.75. The minimum absolute atomic E-state index is 0.198. The Kier molecular flexibility index (Phi) is 5.31. The van der Waals surface area contributed by atoms with Gasteiger partial charge in [0, 0.05) is 6.54 Å². The van der Waals surface area contributed by atoms with Gasteiger partial charge in [0.2, 0.25) is 5.91 Å². The van der Waals surface area contributed by atoms with Gasteiger partial charge in [-0.3, -0.25) is 9.69 Å². The van der Waals surface area contributed by atoms with Crippen LogP contribution in [0.5, 0.6) is 0 Å². The van der Waals surface area contributed by atoms with E-state index in [1.165, 1.54) is 6.07 Å². The van der Waals surface area contributed by atoms with Crippen molar-refractivity contribution in [3.05, 3.63) is 30.1 Å². The largest absolute Gasteiger partial charge is 0.393 e. The van der Waals surface area contributed by atoms with Crippen LogP contribution < -0.4 is 5.32 Å². The predicted molar refractivity (Wildman–Crippen MR) is 80.5 cm³/mol. The summed E-state index contributed by atoms with van der Waals surface area (Å²) in [6.45, 7) is 2.46. The molecule has 0 spiro atoms. The molecule has 0 aliphatic heterocycles. The average Bonchev–Trinajstić information content (AvgIpc) is 2.86. The summed E-state index contributed by atoms with van der Waals surface area (Å²) in [5.74, 6) is -0.458. The Morgan fingerprint density at radius 2 is 2.19 bits per heavy atom. The van der Waals surface area contributed by atoms with Crippen LogP contribution in [0.25, 0.3) is 0 Å². The molecule has 1 aliphatic carbocycles. The van der Waals surface area contributed by atoms with Crippen molar-refractivity contribution in [1.82, 2.24) is 4.90 Å². The number of amides is 1. The molecule has 0 bridgehead atoms. The van der Waals surface area contributed by atoms with E-state index in [1.807, 2.05) is 11.9 Å². The van der Waals surface area contributed by atoms with E-state index >= 15 is 0 Å². The first kappa shape index (κ1) is 15.9. The lowest BCUT2D eigenvalue weighted by Crippen LogP contribution is -2.43. The fourth-order valence-electron chi connectivity index (χ4n) is 2.76. The molecule has 1 aliphatic rings. The summed E-state index contributed by atoms with van der Waals surface area (Å²) in [7, 11) is 1.86. The number of likely N-dealkylation sites (N-methyl/N-ethyl adjacent to an activating group) is 1. The minimum atomic E-state index is -0.438. The first-order chi connectivity index (χ1) is 9.99. The van der Waals surface area contributed by atoms with Crippen LogP contribution in [0.4, 0.5) is 10.1 Å². The Morgan fingerprint density at radius 1 is 1.48 bits per heavy atom. The Bertz CT molecular complexity index is 495. The number of hydrogen-bond donors (Lipinski definition) is 2. The Labute approximate surface area is 125 Å². The molecule has 116 valence electrons. The van der Waals surface area contributed by atoms with E-state index in [9.17, 15) is 14.3 Å². The molecule has 0 aromatic heterocycles. The van der Waals surface area contributed by atoms with Crippen LogP contribution in [0, 0.1) is 11.7 Å². The molecule has 21 heavy (non-hydrogen) atoms. The molecule has 1 amide bonds. The number of aliphatic hydroxyl groups is 1. The lowest BCUT2D eigenvalue weighted by molar-refractivity contribution is -0.120. The van der Waals surface area contributed by atoms with Crippen LogP contribution in [0.1, 0.15) is 26.2 Å². The molecular formula is C16H23FN2O2. The van der Waals surface area contributed by atoms with Gasteiger partial charge in [-0.2, -0.15) is 0 Å². The van der Waals surface area contributed by atoms with Crippen molar-refractivity contribution in [1.29, 1.82) is 0 Å². The Hall–Kier alpha value is -1.46. The van der Waals surface area contributed by atoms with Crippen molar-refractivity contribution < 1.29 is 14.3 Å². The summed E-state index contributed by atoms with van der Waals surface area (Å²) in [6.07, 6.45) is 2.60. The number of hydrogen-bond acceptors (Lipinski definition) is 3. The van der Waals surface area contributed by atoms with E-state index in [4.69, 9.17) is 0 Å². The number of carbonyl (C=O) groups is 1. The minimum Gasteiger partial charge on any atom is -0.393 e. The first-order valence-corrected chi connectivity index (χ1v) is 7.42. The lowest BCUT2D eigenvalue weighted by Gasteiger charge is -2.27. The summed E-state index contributed by atoms with van der Waals surface area (Å²) in [5, 5.41) is 12.5. The average molecular weight is 294 g/mol. The number of carbonyl (C=O) groups excluding carboxylic acids is 1. The zero-order valence-corrected chi connectivity index (χ0v) is 12.6. The standard InChI is InChI=1S/C16H23FN2O2/c1-11(19(2)10-12-6-5-9-15(12)20)16(21)18-14-8-4-3-7-13(14)17/h3-4,7-8,11-12,15,20H,5-6,9-10H2,1-2H3,(H,18,21). The summed E-state index contributed by atoms with van der Waals surface area (Å²) in [5.41, 5.74) is 0.198. The van der Waals surface area contributed by atoms with Gasteiger partial charge < -0.3 is 10.4 Å². The van der Waals surface area contributed by atoms with E-state index in [0.29, 0.717) is 6.54 Å². The lowest BCUT2D eigenvalue weighted by atomic mass is 10.0. The third-order valence-electron chi connectivity index (χ3n) is 4.31. The van der Waals surface area contributed by atoms with Crippen molar-refractivity contribution in [3.8, 4) is 0 Å². The highest BCUT2D eigenvalue weighted by molar-refractivity contribution is 5.94. The molecule has 1 saturated carbocycles. The number of anilines is 1. The van der Waals surface area contributed by atoms with Crippen molar-refractivity contribution in [2.45, 2.75) is 38.3 Å². The number of rotatable bonds is 5. The molecule has 0 saturated heterocycles. The number of halogens is 1. The summed E-state index contributed by atoms with van der Waals surface area (Å²) >= 11 is 0. The van der Waals surface area contributed by atoms with Gasteiger partial charge in [-0.1, -0.05) is 18.6 Å². The summed E-state index contributed by atoms with van der Waals surface area (Å²) in [4.78, 5) is 14.1. The molecular weight excluding hydrogens is 271 g/mol. The quantitative estimate of drug-likeness (QED) is 0.875. The number of nitrogens with one attached hydrogen (secondary N) is 1. The third kappa shape index (κ3) is 4.02. The highest BCUT2D eigenvalue weighted by atomic mass is 19.1. The normalized spacial score (nSPS) is 23.3. The number of nitrogens with zero attached hydrogens (tertiary/aromatic N) is 1. The van der Waals surface area contributed by atoms with E-state index in [1.54, 1.807) is 25.1 Å². The second-order valence-corrected chi connectivity index (χ2v) is 5.84. The van der Waals surface area contributed by atoms with E-state index in [0.717, 1.165) is 19.3 Å². The van der Waals surface area contributed by atoms with E-state index in [-0.39, 0.29) is 29.7 Å². The fourth-order valence-corrected chi connectivity index (χ4v) is 2.76. The molecule has 3 atom stereocenters. The Morgan fingerprint density at radius 3 is 2.81 bits per heavy atom. The van der Waals surface area contributed by atoms with Gasteiger partial charge >= 0.3 is 0 Å². The van der Waals surface area contributed by atoms with Gasteiger partial charge in [-0.15, -0.1) is 0 Å². The summed E-state index contributed by atoms with van der Waals surface area (Å²) < 4.78 is 13.5. The zero-order valence-electron chi connectivity index (χ0n) is 12.6. The molecule has 1 aromatic rings. The molecule has 0 radical (unpaired) electrons. The van der Waals surface area contributed by atoms with Gasteiger partial charge in [0.1, 0.15) is 5.82 Å². The maximum absolute atomic E-state index is 13.5.